The molecule has 82 valence electrons. The Hall–Kier alpha value is -0.510. The van der Waals surface area contributed by atoms with Gasteiger partial charge >= 0.3 is 0 Å². The number of thiol groups is 1. The van der Waals surface area contributed by atoms with Crippen molar-refractivity contribution in [3.63, 3.8) is 0 Å². The fourth-order valence-corrected chi connectivity index (χ4v) is 1.92. The van der Waals surface area contributed by atoms with Gasteiger partial charge in [0.15, 0.2) is 0 Å². The summed E-state index contributed by atoms with van der Waals surface area (Å²) < 4.78 is 5.32. The van der Waals surface area contributed by atoms with Gasteiger partial charge in [0.1, 0.15) is 0 Å². The van der Waals surface area contributed by atoms with Gasteiger partial charge in [-0.3, -0.25) is 4.90 Å². The first-order valence-corrected chi connectivity index (χ1v) is 5.87. The van der Waals surface area contributed by atoms with Crippen LogP contribution in [0.1, 0.15) is 5.56 Å². The number of rotatable bonds is 3. The van der Waals surface area contributed by atoms with E-state index in [1.807, 2.05) is 0 Å². The molecule has 1 aromatic carbocycles. The van der Waals surface area contributed by atoms with Crippen LogP contribution < -0.4 is 0 Å². The first-order valence-electron chi connectivity index (χ1n) is 5.42. The lowest BCUT2D eigenvalue weighted by Crippen LogP contribution is -2.37. The molecule has 0 aliphatic carbocycles. The molecule has 1 saturated heterocycles. The molecule has 0 unspecified atom stereocenters. The highest BCUT2D eigenvalue weighted by atomic mass is 32.1. The summed E-state index contributed by atoms with van der Waals surface area (Å²) in [5.74, 6) is 0. The zero-order valence-corrected chi connectivity index (χ0v) is 9.75. The van der Waals surface area contributed by atoms with Crippen molar-refractivity contribution in [2.75, 3.05) is 32.8 Å². The zero-order valence-electron chi connectivity index (χ0n) is 8.85. The molecule has 3 heteroatoms. The van der Waals surface area contributed by atoms with Crippen molar-refractivity contribution in [1.82, 2.24) is 4.90 Å². The molecule has 1 aliphatic heterocycles. The second-order valence-electron chi connectivity index (χ2n) is 3.87. The van der Waals surface area contributed by atoms with E-state index >= 15 is 0 Å². The van der Waals surface area contributed by atoms with Crippen molar-refractivity contribution < 1.29 is 4.74 Å². The van der Waals surface area contributed by atoms with Crippen molar-refractivity contribution in [2.45, 2.75) is 11.3 Å². The lowest BCUT2D eigenvalue weighted by molar-refractivity contribution is 0.0384. The Morgan fingerprint density at radius 1 is 1.13 bits per heavy atom. The van der Waals surface area contributed by atoms with Gasteiger partial charge in [-0.2, -0.15) is 0 Å². The number of ether oxygens (including phenoxy) is 1. The fraction of sp³-hybridized carbons (Fsp3) is 0.500. The summed E-state index contributed by atoms with van der Waals surface area (Å²) in [6, 6.07) is 8.42. The molecule has 15 heavy (non-hydrogen) atoms. The summed E-state index contributed by atoms with van der Waals surface area (Å²) in [5, 5.41) is 0. The third kappa shape index (κ3) is 3.52. The second kappa shape index (κ2) is 5.54. The Morgan fingerprint density at radius 2 is 1.80 bits per heavy atom. The first kappa shape index (κ1) is 11.0. The Kier molecular flexibility index (Phi) is 4.06. The van der Waals surface area contributed by atoms with E-state index in [0.29, 0.717) is 0 Å². The first-order chi connectivity index (χ1) is 7.34. The molecule has 1 heterocycles. The quantitative estimate of drug-likeness (QED) is 0.785. The summed E-state index contributed by atoms with van der Waals surface area (Å²) in [5.41, 5.74) is 1.39. The molecule has 2 rings (SSSR count). The van der Waals surface area contributed by atoms with Crippen LogP contribution in [-0.4, -0.2) is 37.7 Å². The summed E-state index contributed by atoms with van der Waals surface area (Å²) in [6.45, 7) is 5.05. The molecule has 0 amide bonds. The number of hydrogen-bond acceptors (Lipinski definition) is 3. The van der Waals surface area contributed by atoms with Crippen molar-refractivity contribution in [2.24, 2.45) is 0 Å². The third-order valence-electron chi connectivity index (χ3n) is 2.76. The van der Waals surface area contributed by atoms with Crippen LogP contribution in [0.25, 0.3) is 0 Å². The molecule has 0 radical (unpaired) electrons. The molecule has 0 atom stereocenters. The van der Waals surface area contributed by atoms with E-state index in [-0.39, 0.29) is 0 Å². The summed E-state index contributed by atoms with van der Waals surface area (Å²) >= 11 is 4.27. The maximum absolute atomic E-state index is 5.32. The molecular weight excluding hydrogens is 206 g/mol. The number of benzene rings is 1. The molecule has 1 aliphatic rings. The van der Waals surface area contributed by atoms with Gasteiger partial charge in [-0.1, -0.05) is 12.1 Å². The highest BCUT2D eigenvalue weighted by Gasteiger charge is 2.09. The largest absolute Gasteiger partial charge is 0.379 e. The van der Waals surface area contributed by atoms with Crippen LogP contribution in [-0.2, 0) is 11.2 Å². The van der Waals surface area contributed by atoms with Crippen LogP contribution in [0.3, 0.4) is 0 Å². The second-order valence-corrected chi connectivity index (χ2v) is 4.39. The van der Waals surface area contributed by atoms with Crippen molar-refractivity contribution >= 4 is 12.6 Å². The van der Waals surface area contributed by atoms with Crippen LogP contribution in [0.4, 0.5) is 0 Å². The van der Waals surface area contributed by atoms with Crippen molar-refractivity contribution in [3.8, 4) is 0 Å². The topological polar surface area (TPSA) is 12.5 Å². The van der Waals surface area contributed by atoms with Gasteiger partial charge in [0.2, 0.25) is 0 Å². The van der Waals surface area contributed by atoms with Crippen LogP contribution in [0, 0.1) is 0 Å². The number of hydrogen-bond donors (Lipinski definition) is 1. The minimum absolute atomic E-state index is 0.885. The molecule has 1 fully saturated rings. The molecular formula is C12H17NOS. The van der Waals surface area contributed by atoms with E-state index in [1.165, 1.54) is 5.56 Å². The van der Waals surface area contributed by atoms with E-state index in [2.05, 4.69) is 41.8 Å². The van der Waals surface area contributed by atoms with Gasteiger partial charge in [-0.15, -0.1) is 12.6 Å². The number of morpholine rings is 1. The molecule has 0 saturated carbocycles. The highest BCUT2D eigenvalue weighted by Crippen LogP contribution is 2.09. The summed E-state index contributed by atoms with van der Waals surface area (Å²) in [6.07, 6.45) is 1.12. The SMILES string of the molecule is Sc1ccc(CCN2CCOCC2)cc1. The lowest BCUT2D eigenvalue weighted by Gasteiger charge is -2.26. The van der Waals surface area contributed by atoms with Crippen LogP contribution in [0.15, 0.2) is 29.2 Å². The van der Waals surface area contributed by atoms with E-state index in [4.69, 9.17) is 4.74 Å². The Labute approximate surface area is 96.6 Å². The minimum Gasteiger partial charge on any atom is -0.379 e. The van der Waals surface area contributed by atoms with E-state index < -0.39 is 0 Å². The minimum atomic E-state index is 0.885. The van der Waals surface area contributed by atoms with Gasteiger partial charge in [0.25, 0.3) is 0 Å². The standard InChI is InChI=1S/C12H17NOS/c15-12-3-1-11(2-4-12)5-6-13-7-9-14-10-8-13/h1-4,15H,5-10H2. The molecule has 0 N–H and O–H groups in total. The van der Waals surface area contributed by atoms with Gasteiger partial charge in [0, 0.05) is 24.5 Å². The fourth-order valence-electron chi connectivity index (χ4n) is 1.77. The Balaban J connectivity index is 1.79. The molecule has 0 bridgehead atoms. The maximum atomic E-state index is 5.32. The average Bonchev–Trinajstić information content (AvgIpc) is 2.30. The predicted molar refractivity (Wildman–Crippen MR) is 64.7 cm³/mol. The monoisotopic (exact) mass is 223 g/mol. The van der Waals surface area contributed by atoms with Gasteiger partial charge < -0.3 is 4.74 Å². The van der Waals surface area contributed by atoms with E-state index in [1.54, 1.807) is 0 Å². The normalized spacial score (nSPS) is 17.9. The van der Waals surface area contributed by atoms with E-state index in [9.17, 15) is 0 Å². The van der Waals surface area contributed by atoms with Gasteiger partial charge in [-0.25, -0.2) is 0 Å². The van der Waals surface area contributed by atoms with Crippen LogP contribution in [0.2, 0.25) is 0 Å². The summed E-state index contributed by atoms with van der Waals surface area (Å²) in [7, 11) is 0. The van der Waals surface area contributed by atoms with Crippen molar-refractivity contribution in [1.29, 1.82) is 0 Å². The van der Waals surface area contributed by atoms with E-state index in [0.717, 1.165) is 44.2 Å². The van der Waals surface area contributed by atoms with Crippen molar-refractivity contribution in [3.05, 3.63) is 29.8 Å². The molecule has 1 aromatic rings. The van der Waals surface area contributed by atoms with Crippen LogP contribution >= 0.6 is 12.6 Å². The third-order valence-corrected chi connectivity index (χ3v) is 3.05. The molecule has 0 aromatic heterocycles. The van der Waals surface area contributed by atoms with Crippen LogP contribution in [0.5, 0.6) is 0 Å². The average molecular weight is 223 g/mol. The highest BCUT2D eigenvalue weighted by molar-refractivity contribution is 7.80. The maximum Gasteiger partial charge on any atom is 0.0594 e. The van der Waals surface area contributed by atoms with Gasteiger partial charge in [-0.05, 0) is 24.1 Å². The zero-order chi connectivity index (χ0) is 10.5. The Morgan fingerprint density at radius 3 is 2.47 bits per heavy atom. The predicted octanol–water partition coefficient (Wildman–Crippen LogP) is 1.85. The molecule has 2 nitrogen and oxygen atoms in total. The lowest BCUT2D eigenvalue weighted by atomic mass is 10.1. The smallest absolute Gasteiger partial charge is 0.0594 e. The Bertz CT molecular complexity index is 293. The molecule has 0 spiro atoms. The number of nitrogens with zero attached hydrogens (tertiary/aromatic N) is 1. The van der Waals surface area contributed by atoms with Gasteiger partial charge in [0.05, 0.1) is 13.2 Å². The summed E-state index contributed by atoms with van der Waals surface area (Å²) in [4.78, 5) is 3.49.